The van der Waals surface area contributed by atoms with E-state index < -0.39 is 36.1 Å². The lowest BCUT2D eigenvalue weighted by molar-refractivity contribution is -0.119. The second kappa shape index (κ2) is 8.73. The van der Waals surface area contributed by atoms with Crippen LogP contribution in [-0.2, 0) is 4.79 Å². The van der Waals surface area contributed by atoms with E-state index in [0.29, 0.717) is 5.56 Å². The topological polar surface area (TPSA) is 98.5 Å². The molecule has 8 nitrogen and oxygen atoms in total. The molecule has 2 N–H and O–H groups in total. The molecule has 2 aromatic carbocycles. The molecule has 0 spiro atoms. The van der Waals surface area contributed by atoms with E-state index in [4.69, 9.17) is 9.15 Å². The Morgan fingerprint density at radius 3 is 2.44 bits per heavy atom. The van der Waals surface area contributed by atoms with Crippen molar-refractivity contribution in [3.63, 3.8) is 0 Å². The number of anilines is 1. The van der Waals surface area contributed by atoms with E-state index in [1.54, 1.807) is 0 Å². The molecule has 0 aliphatic carbocycles. The number of alkyl halides is 2. The molecule has 1 aliphatic heterocycles. The third-order valence-electron chi connectivity index (χ3n) is 4.87. The Kier molecular flexibility index (Phi) is 5.84. The van der Waals surface area contributed by atoms with Crippen LogP contribution in [0.1, 0.15) is 11.5 Å². The number of hydrogen-bond donors (Lipinski definition) is 2. The Balaban J connectivity index is 1.54. The summed E-state index contributed by atoms with van der Waals surface area (Å²) in [4.78, 5) is 12.3. The lowest BCUT2D eigenvalue weighted by atomic mass is 9.93. The van der Waals surface area contributed by atoms with Gasteiger partial charge in [-0.1, -0.05) is 5.10 Å². The van der Waals surface area contributed by atoms with Crippen LogP contribution in [0.25, 0.3) is 11.5 Å². The van der Waals surface area contributed by atoms with E-state index in [-0.39, 0.29) is 35.5 Å². The van der Waals surface area contributed by atoms with Crippen molar-refractivity contribution in [2.24, 2.45) is 0 Å². The predicted molar refractivity (Wildman–Crippen MR) is 102 cm³/mol. The van der Waals surface area contributed by atoms with Crippen LogP contribution in [0.3, 0.4) is 0 Å². The van der Waals surface area contributed by atoms with Crippen LogP contribution in [-0.4, -0.2) is 42.4 Å². The summed E-state index contributed by atoms with van der Waals surface area (Å²) in [6, 6.07) is 6.29. The molecule has 1 saturated heterocycles. The number of benzene rings is 2. The van der Waals surface area contributed by atoms with Crippen molar-refractivity contribution in [3.05, 3.63) is 53.6 Å². The minimum absolute atomic E-state index is 0.0107. The van der Waals surface area contributed by atoms with Gasteiger partial charge in [-0.3, -0.25) is 4.79 Å². The Bertz CT molecular complexity index is 1100. The van der Waals surface area contributed by atoms with Crippen LogP contribution < -0.4 is 20.1 Å². The Hall–Kier alpha value is -3.83. The number of amides is 1. The summed E-state index contributed by atoms with van der Waals surface area (Å²) in [6.45, 7) is -2.96. The normalized spacial score (nSPS) is 18.0. The highest BCUT2D eigenvalue weighted by Crippen LogP contribution is 2.33. The molecule has 1 fully saturated rings. The molecule has 168 valence electrons. The number of halogens is 4. The molecule has 1 aliphatic rings. The lowest BCUT2D eigenvalue weighted by Gasteiger charge is -2.19. The predicted octanol–water partition coefficient (Wildman–Crippen LogP) is 3.32. The van der Waals surface area contributed by atoms with E-state index in [2.05, 4.69) is 25.6 Å². The Labute approximate surface area is 178 Å². The maximum atomic E-state index is 14.5. The van der Waals surface area contributed by atoms with Gasteiger partial charge in [0.2, 0.25) is 11.8 Å². The fraction of sp³-hybridized carbons (Fsp3) is 0.250. The number of ether oxygens (including phenoxy) is 2. The van der Waals surface area contributed by atoms with Crippen molar-refractivity contribution < 1.29 is 36.2 Å². The van der Waals surface area contributed by atoms with Gasteiger partial charge in [0.15, 0.2) is 0 Å². The molecule has 0 bridgehead atoms. The quantitative estimate of drug-likeness (QED) is 0.531. The second-order valence-electron chi connectivity index (χ2n) is 6.79. The second-order valence-corrected chi connectivity index (χ2v) is 6.79. The van der Waals surface area contributed by atoms with Gasteiger partial charge in [-0.2, -0.15) is 8.78 Å². The van der Waals surface area contributed by atoms with E-state index >= 15 is 0 Å². The minimum atomic E-state index is -2.95. The zero-order valence-electron chi connectivity index (χ0n) is 16.4. The molecule has 32 heavy (non-hydrogen) atoms. The van der Waals surface area contributed by atoms with E-state index in [0.717, 1.165) is 12.1 Å². The summed E-state index contributed by atoms with van der Waals surface area (Å²) in [5.74, 6) is -3.10. The zero-order chi connectivity index (χ0) is 22.8. The molecular weight excluding hydrogens is 436 g/mol. The molecule has 4 rings (SSSR count). The summed E-state index contributed by atoms with van der Waals surface area (Å²) >= 11 is 0. The summed E-state index contributed by atoms with van der Waals surface area (Å²) in [7, 11) is 1.28. The van der Waals surface area contributed by atoms with Crippen molar-refractivity contribution in [1.29, 1.82) is 0 Å². The van der Waals surface area contributed by atoms with Gasteiger partial charge in [0.05, 0.1) is 7.11 Å². The lowest BCUT2D eigenvalue weighted by Crippen LogP contribution is -2.33. The number of nitrogens with one attached hydrogen (secondary N) is 2. The first-order valence-electron chi connectivity index (χ1n) is 9.31. The van der Waals surface area contributed by atoms with E-state index in [1.165, 1.54) is 31.4 Å². The minimum Gasteiger partial charge on any atom is -0.497 e. The number of rotatable bonds is 7. The van der Waals surface area contributed by atoms with Crippen LogP contribution in [0.15, 0.2) is 40.8 Å². The summed E-state index contributed by atoms with van der Waals surface area (Å²) < 4.78 is 68.2. The van der Waals surface area contributed by atoms with E-state index in [1.807, 2.05) is 0 Å². The average Bonchev–Trinajstić information content (AvgIpc) is 3.36. The number of methoxy groups -OCH3 is 1. The molecule has 3 aromatic rings. The molecule has 0 radical (unpaired) electrons. The molecule has 1 aromatic heterocycles. The molecule has 1 amide bonds. The number of carbonyl (C=O) groups is 1. The number of aromatic nitrogens is 2. The average molecular weight is 452 g/mol. The Morgan fingerprint density at radius 1 is 1.12 bits per heavy atom. The highest BCUT2D eigenvalue weighted by molar-refractivity contribution is 5.88. The summed E-state index contributed by atoms with van der Waals surface area (Å²) in [5, 5.41) is 12.9. The van der Waals surface area contributed by atoms with Gasteiger partial charge in [0.1, 0.15) is 29.2 Å². The molecule has 2 heterocycles. The van der Waals surface area contributed by atoms with Gasteiger partial charge < -0.3 is 24.5 Å². The molecule has 12 heteroatoms. The van der Waals surface area contributed by atoms with Crippen molar-refractivity contribution in [2.75, 3.05) is 19.0 Å². The summed E-state index contributed by atoms with van der Waals surface area (Å²) in [6.07, 6.45) is 0. The molecule has 0 saturated carbocycles. The maximum Gasteiger partial charge on any atom is 0.387 e. The smallest absolute Gasteiger partial charge is 0.387 e. The third-order valence-corrected chi connectivity index (χ3v) is 4.87. The highest BCUT2D eigenvalue weighted by Gasteiger charge is 2.40. The molecule has 0 unspecified atom stereocenters. The number of hydrogen-bond acceptors (Lipinski definition) is 7. The van der Waals surface area contributed by atoms with Gasteiger partial charge >= 0.3 is 12.6 Å². The summed E-state index contributed by atoms with van der Waals surface area (Å²) in [5.41, 5.74) is 0.128. The zero-order valence-corrected chi connectivity index (χ0v) is 16.4. The molecule has 2 atom stereocenters. The maximum absolute atomic E-state index is 14.5. The van der Waals surface area contributed by atoms with E-state index in [9.17, 15) is 22.4 Å². The van der Waals surface area contributed by atoms with Crippen molar-refractivity contribution in [3.8, 4) is 23.0 Å². The third kappa shape index (κ3) is 4.29. The number of carbonyl (C=O) groups excluding carboxylic acids is 1. The fourth-order valence-electron chi connectivity index (χ4n) is 3.40. The van der Waals surface area contributed by atoms with Crippen molar-refractivity contribution in [2.45, 2.75) is 18.6 Å². The van der Waals surface area contributed by atoms with Gasteiger partial charge in [0, 0.05) is 35.7 Å². The van der Waals surface area contributed by atoms with Crippen LogP contribution in [0, 0.1) is 11.6 Å². The van der Waals surface area contributed by atoms with Crippen LogP contribution in [0.5, 0.6) is 11.5 Å². The van der Waals surface area contributed by atoms with Crippen LogP contribution in [0.2, 0.25) is 0 Å². The van der Waals surface area contributed by atoms with Gasteiger partial charge in [0.25, 0.3) is 0 Å². The van der Waals surface area contributed by atoms with Crippen molar-refractivity contribution in [1.82, 2.24) is 15.5 Å². The first kappa shape index (κ1) is 21.4. The fourth-order valence-corrected chi connectivity index (χ4v) is 3.40. The first-order valence-corrected chi connectivity index (χ1v) is 9.31. The van der Waals surface area contributed by atoms with Gasteiger partial charge in [-0.25, -0.2) is 8.78 Å². The monoisotopic (exact) mass is 452 g/mol. The first-order chi connectivity index (χ1) is 15.4. The van der Waals surface area contributed by atoms with Gasteiger partial charge in [-0.05, 0) is 24.3 Å². The van der Waals surface area contributed by atoms with Crippen LogP contribution in [0.4, 0.5) is 23.6 Å². The largest absolute Gasteiger partial charge is 0.497 e. The van der Waals surface area contributed by atoms with Gasteiger partial charge in [-0.15, -0.1) is 5.10 Å². The number of nitrogens with zero attached hydrogens (tertiary/aromatic N) is 2. The van der Waals surface area contributed by atoms with Crippen molar-refractivity contribution >= 4 is 11.9 Å². The standard InChI is InChI=1S/C20H16F4N4O4/c1-30-11-6-13(21)15(14(22)7-11)12-8-25-17(29)16(12)26-20-28-27-18(32-20)9-2-4-10(5-3-9)31-19(23)24/h2-7,12,16,19H,8H2,1H3,(H,25,29)(H,26,28)/t12-,16-/m0/s1. The molecular formula is C20H16F4N4O4. The highest BCUT2D eigenvalue weighted by atomic mass is 19.3. The van der Waals surface area contributed by atoms with Crippen LogP contribution >= 0.6 is 0 Å². The Morgan fingerprint density at radius 2 is 1.81 bits per heavy atom. The SMILES string of the molecule is COc1cc(F)c([C@@H]2CNC(=O)[C@H]2Nc2nnc(-c3ccc(OC(F)F)cc3)o2)c(F)c1.